The fourth-order valence-electron chi connectivity index (χ4n) is 1.51. The van der Waals surface area contributed by atoms with Crippen LogP contribution >= 0.6 is 0 Å². The Morgan fingerprint density at radius 1 is 1.00 bits per heavy atom. The van der Waals surface area contributed by atoms with Crippen LogP contribution in [-0.4, -0.2) is 58.6 Å². The quantitative estimate of drug-likeness (QED) is 0.379. The summed E-state index contributed by atoms with van der Waals surface area (Å²) in [5.41, 5.74) is 0.821. The largest absolute Gasteiger partial charge is 0.479 e. The first kappa shape index (κ1) is 18.4. The van der Waals surface area contributed by atoms with E-state index in [0.29, 0.717) is 0 Å². The third-order valence-corrected chi connectivity index (χ3v) is 2.73. The van der Waals surface area contributed by atoms with E-state index in [9.17, 15) is 19.5 Å². The number of aliphatic hydroxyl groups excluding tert-OH is 2. The lowest BCUT2D eigenvalue weighted by Crippen LogP contribution is -2.47. The highest BCUT2D eigenvalue weighted by molar-refractivity contribution is 5.87. The number of aliphatic carboxylic acids is 1. The van der Waals surface area contributed by atoms with Gasteiger partial charge >= 0.3 is 12.1 Å². The second-order valence-electron chi connectivity index (χ2n) is 4.51. The lowest BCUT2D eigenvalue weighted by Gasteiger charge is -2.14. The van der Waals surface area contributed by atoms with Crippen LogP contribution < -0.4 is 10.6 Å². The average Bonchev–Trinajstić information content (AvgIpc) is 2.56. The third-order valence-electron chi connectivity index (χ3n) is 2.73. The van der Waals surface area contributed by atoms with Gasteiger partial charge in [0.25, 0.3) is 5.91 Å². The van der Waals surface area contributed by atoms with Crippen LogP contribution in [0.2, 0.25) is 0 Å². The van der Waals surface area contributed by atoms with Gasteiger partial charge in [-0.25, -0.2) is 9.59 Å². The van der Waals surface area contributed by atoms with Crippen LogP contribution in [0.1, 0.15) is 5.56 Å². The van der Waals surface area contributed by atoms with E-state index >= 15 is 0 Å². The molecule has 0 heterocycles. The molecule has 1 aromatic carbocycles. The van der Waals surface area contributed by atoms with Gasteiger partial charge in [0.15, 0.2) is 12.2 Å². The molecular formula is C14H18N2O7. The molecule has 2 amide bonds. The van der Waals surface area contributed by atoms with Crippen LogP contribution in [0.15, 0.2) is 30.3 Å². The smallest absolute Gasteiger partial charge is 0.407 e. The lowest BCUT2D eigenvalue weighted by atomic mass is 10.2. The summed E-state index contributed by atoms with van der Waals surface area (Å²) >= 11 is 0. The first-order valence-electron chi connectivity index (χ1n) is 6.73. The van der Waals surface area contributed by atoms with Crippen molar-refractivity contribution in [3.8, 4) is 0 Å². The standard InChI is InChI=1S/C14H18N2O7/c17-10(11(18)13(20)21)12(19)15-6-7-16-14(22)23-8-9-4-2-1-3-5-9/h1-5,10-11,17-18H,6-8H2,(H,15,19)(H,16,22)(H,20,21)/t10-,11+/m1/s1. The number of aliphatic hydroxyl groups is 2. The number of rotatable bonds is 8. The molecule has 0 radical (unpaired) electrons. The SMILES string of the molecule is O=C(NCCNC(=O)[C@H](O)[C@H](O)C(=O)O)OCc1ccccc1. The van der Waals surface area contributed by atoms with Crippen molar-refractivity contribution in [2.24, 2.45) is 0 Å². The van der Waals surface area contributed by atoms with Gasteiger partial charge in [0, 0.05) is 13.1 Å². The molecule has 9 heteroatoms. The van der Waals surface area contributed by atoms with Crippen LogP contribution in [0.5, 0.6) is 0 Å². The summed E-state index contributed by atoms with van der Waals surface area (Å²) in [7, 11) is 0. The van der Waals surface area contributed by atoms with Crippen molar-refractivity contribution >= 4 is 18.0 Å². The number of hydrogen-bond donors (Lipinski definition) is 5. The van der Waals surface area contributed by atoms with Crippen molar-refractivity contribution in [2.45, 2.75) is 18.8 Å². The van der Waals surface area contributed by atoms with Gasteiger partial charge in [-0.05, 0) is 5.56 Å². The van der Waals surface area contributed by atoms with Crippen molar-refractivity contribution in [3.63, 3.8) is 0 Å². The molecule has 0 saturated carbocycles. The number of amides is 2. The minimum Gasteiger partial charge on any atom is -0.479 e. The van der Waals surface area contributed by atoms with Crippen LogP contribution in [-0.2, 0) is 20.9 Å². The number of ether oxygens (including phenoxy) is 1. The number of nitrogens with one attached hydrogen (secondary N) is 2. The molecule has 1 aromatic rings. The van der Waals surface area contributed by atoms with E-state index in [-0.39, 0.29) is 19.7 Å². The van der Waals surface area contributed by atoms with E-state index in [1.807, 2.05) is 18.2 Å². The Balaban J connectivity index is 2.17. The maximum Gasteiger partial charge on any atom is 0.407 e. The molecule has 0 aliphatic carbocycles. The van der Waals surface area contributed by atoms with Gasteiger partial charge in [0.1, 0.15) is 6.61 Å². The Kier molecular flexibility index (Phi) is 7.51. The molecule has 0 saturated heterocycles. The third kappa shape index (κ3) is 6.76. The van der Waals surface area contributed by atoms with Crippen LogP contribution in [0.4, 0.5) is 4.79 Å². The van der Waals surface area contributed by atoms with Crippen molar-refractivity contribution < 1.29 is 34.4 Å². The topological polar surface area (TPSA) is 145 Å². The number of hydrogen-bond acceptors (Lipinski definition) is 6. The van der Waals surface area contributed by atoms with Gasteiger partial charge in [-0.2, -0.15) is 0 Å². The Bertz CT molecular complexity index is 535. The van der Waals surface area contributed by atoms with Crippen LogP contribution in [0, 0.1) is 0 Å². The summed E-state index contributed by atoms with van der Waals surface area (Å²) in [5.74, 6) is -2.77. The number of carboxylic acid groups (broad SMARTS) is 1. The zero-order valence-electron chi connectivity index (χ0n) is 12.1. The maximum atomic E-state index is 11.4. The Morgan fingerprint density at radius 2 is 1.61 bits per heavy atom. The molecule has 126 valence electrons. The number of carboxylic acids is 1. The van der Waals surface area contributed by atoms with E-state index in [4.69, 9.17) is 14.9 Å². The zero-order valence-corrected chi connectivity index (χ0v) is 12.1. The summed E-state index contributed by atoms with van der Waals surface area (Å²) < 4.78 is 4.92. The second kappa shape index (κ2) is 9.38. The monoisotopic (exact) mass is 326 g/mol. The fourth-order valence-corrected chi connectivity index (χ4v) is 1.51. The van der Waals surface area contributed by atoms with E-state index in [2.05, 4.69) is 10.6 Å². The predicted octanol–water partition coefficient (Wildman–Crippen LogP) is -1.16. The first-order valence-corrected chi connectivity index (χ1v) is 6.73. The van der Waals surface area contributed by atoms with Gasteiger partial charge < -0.3 is 30.7 Å². The molecule has 0 unspecified atom stereocenters. The number of carbonyl (C=O) groups is 3. The predicted molar refractivity (Wildman–Crippen MR) is 77.3 cm³/mol. The van der Waals surface area contributed by atoms with Crippen LogP contribution in [0.3, 0.4) is 0 Å². The zero-order chi connectivity index (χ0) is 17.2. The van der Waals surface area contributed by atoms with Gasteiger partial charge in [0.05, 0.1) is 0 Å². The molecule has 0 bridgehead atoms. The molecule has 2 atom stereocenters. The average molecular weight is 326 g/mol. The minimum absolute atomic E-state index is 0.00918. The summed E-state index contributed by atoms with van der Waals surface area (Å²) in [6.45, 7) is 0.0421. The summed E-state index contributed by atoms with van der Waals surface area (Å²) in [6, 6.07) is 9.04. The molecule has 0 aliphatic rings. The summed E-state index contributed by atoms with van der Waals surface area (Å²) in [4.78, 5) is 33.1. The fraction of sp³-hybridized carbons (Fsp3) is 0.357. The molecule has 5 N–H and O–H groups in total. The number of benzene rings is 1. The van der Waals surface area contributed by atoms with Crippen molar-refractivity contribution in [1.29, 1.82) is 0 Å². The Hall–Kier alpha value is -2.65. The molecule has 23 heavy (non-hydrogen) atoms. The van der Waals surface area contributed by atoms with Gasteiger partial charge in [-0.1, -0.05) is 30.3 Å². The molecule has 0 fully saturated rings. The van der Waals surface area contributed by atoms with E-state index in [1.54, 1.807) is 12.1 Å². The summed E-state index contributed by atoms with van der Waals surface area (Å²) in [5, 5.41) is 31.2. The lowest BCUT2D eigenvalue weighted by molar-refractivity contribution is -0.158. The van der Waals surface area contributed by atoms with Crippen molar-refractivity contribution in [1.82, 2.24) is 10.6 Å². The van der Waals surface area contributed by atoms with Gasteiger partial charge in [0.2, 0.25) is 0 Å². The highest BCUT2D eigenvalue weighted by Crippen LogP contribution is 2.00. The highest BCUT2D eigenvalue weighted by Gasteiger charge is 2.29. The molecule has 9 nitrogen and oxygen atoms in total. The second-order valence-corrected chi connectivity index (χ2v) is 4.51. The first-order chi connectivity index (χ1) is 10.9. The Labute approximate surface area is 131 Å². The van der Waals surface area contributed by atoms with E-state index in [1.165, 1.54) is 0 Å². The molecule has 1 rings (SSSR count). The molecule has 0 spiro atoms. The maximum absolute atomic E-state index is 11.4. The molecule has 0 aromatic heterocycles. The van der Waals surface area contributed by atoms with E-state index < -0.39 is 30.2 Å². The molecule has 0 aliphatic heterocycles. The normalized spacial score (nSPS) is 12.8. The van der Waals surface area contributed by atoms with Gasteiger partial charge in [-0.15, -0.1) is 0 Å². The summed E-state index contributed by atoms with van der Waals surface area (Å²) in [6.07, 6.45) is -4.98. The number of alkyl carbamates (subject to hydrolysis) is 1. The van der Waals surface area contributed by atoms with Crippen molar-refractivity contribution in [2.75, 3.05) is 13.1 Å². The number of carbonyl (C=O) groups excluding carboxylic acids is 2. The van der Waals surface area contributed by atoms with Crippen LogP contribution in [0.25, 0.3) is 0 Å². The minimum atomic E-state index is -2.21. The molecular weight excluding hydrogens is 308 g/mol. The van der Waals surface area contributed by atoms with E-state index in [0.717, 1.165) is 5.56 Å². The highest BCUT2D eigenvalue weighted by atomic mass is 16.5. The van der Waals surface area contributed by atoms with Gasteiger partial charge in [-0.3, -0.25) is 4.79 Å². The Morgan fingerprint density at radius 3 is 2.22 bits per heavy atom. The van der Waals surface area contributed by atoms with Crippen molar-refractivity contribution in [3.05, 3.63) is 35.9 Å².